The van der Waals surface area contributed by atoms with Crippen molar-refractivity contribution in [3.63, 3.8) is 0 Å². The molecular weight excluding hydrogens is 308 g/mol. The molecule has 22 heavy (non-hydrogen) atoms. The van der Waals surface area contributed by atoms with E-state index in [1.165, 1.54) is 6.92 Å². The van der Waals surface area contributed by atoms with Crippen LogP contribution < -0.4 is 10.6 Å². The molecule has 0 radical (unpaired) electrons. The Kier molecular flexibility index (Phi) is 5.86. The molecule has 0 unspecified atom stereocenters. The number of halogens is 4. The number of benzene rings is 1. The molecule has 1 aromatic rings. The Morgan fingerprint density at radius 2 is 1.91 bits per heavy atom. The van der Waals surface area contributed by atoms with E-state index in [-0.39, 0.29) is 19.1 Å². The van der Waals surface area contributed by atoms with Gasteiger partial charge in [-0.3, -0.25) is 9.59 Å². The van der Waals surface area contributed by atoms with Crippen molar-refractivity contribution in [2.24, 2.45) is 0 Å². The third kappa shape index (κ3) is 4.99. The van der Waals surface area contributed by atoms with E-state index in [4.69, 9.17) is 5.11 Å². The van der Waals surface area contributed by atoms with Gasteiger partial charge in [0.15, 0.2) is 0 Å². The Labute approximate surface area is 123 Å². The number of rotatable bonds is 4. The second-order valence-electron chi connectivity index (χ2n) is 4.53. The average Bonchev–Trinajstić information content (AvgIpc) is 2.39. The first-order valence-corrected chi connectivity index (χ1v) is 6.24. The number of carbonyl (C=O) groups excluding carboxylic acids is 2. The molecule has 0 aromatic heterocycles. The minimum Gasteiger partial charge on any atom is -0.396 e. The van der Waals surface area contributed by atoms with Crippen LogP contribution in [0.5, 0.6) is 0 Å². The highest BCUT2D eigenvalue weighted by Gasteiger charge is 2.35. The van der Waals surface area contributed by atoms with Gasteiger partial charge in [0.25, 0.3) is 0 Å². The maximum absolute atomic E-state index is 12.9. The van der Waals surface area contributed by atoms with Crippen molar-refractivity contribution in [3.05, 3.63) is 29.6 Å². The van der Waals surface area contributed by atoms with Crippen LogP contribution in [0.15, 0.2) is 18.2 Å². The molecule has 0 bridgehead atoms. The van der Waals surface area contributed by atoms with Gasteiger partial charge < -0.3 is 15.7 Å². The van der Waals surface area contributed by atoms with E-state index in [0.29, 0.717) is 0 Å². The van der Waals surface area contributed by atoms with Gasteiger partial charge in [-0.25, -0.2) is 4.39 Å². The zero-order chi connectivity index (χ0) is 16.9. The number of amides is 2. The van der Waals surface area contributed by atoms with E-state index in [2.05, 4.69) is 5.32 Å². The van der Waals surface area contributed by atoms with Crippen LogP contribution in [0.25, 0.3) is 0 Å². The number of aliphatic hydroxyl groups is 1. The molecule has 0 aliphatic rings. The summed E-state index contributed by atoms with van der Waals surface area (Å²) in [6.07, 6.45) is -4.70. The summed E-state index contributed by atoms with van der Waals surface area (Å²) in [7, 11) is 0. The van der Waals surface area contributed by atoms with E-state index in [1.807, 2.05) is 0 Å². The zero-order valence-electron chi connectivity index (χ0n) is 11.5. The summed E-state index contributed by atoms with van der Waals surface area (Å²) in [5.41, 5.74) is -2.11. The van der Waals surface area contributed by atoms with Crippen molar-refractivity contribution < 1.29 is 32.3 Å². The van der Waals surface area contributed by atoms with E-state index in [0.717, 1.165) is 12.1 Å². The summed E-state index contributed by atoms with van der Waals surface area (Å²) in [6, 6.07) is 1.15. The Morgan fingerprint density at radius 3 is 2.45 bits per heavy atom. The van der Waals surface area contributed by atoms with Crippen LogP contribution in [0.3, 0.4) is 0 Å². The summed E-state index contributed by atoms with van der Waals surface area (Å²) in [5.74, 6) is -3.59. The molecule has 3 N–H and O–H groups in total. The van der Waals surface area contributed by atoms with Crippen molar-refractivity contribution in [2.75, 3.05) is 11.9 Å². The van der Waals surface area contributed by atoms with Crippen LogP contribution in [-0.2, 0) is 15.8 Å². The lowest BCUT2D eigenvalue weighted by Gasteiger charge is -2.15. The lowest BCUT2D eigenvalue weighted by molar-refractivity contribution is -0.138. The van der Waals surface area contributed by atoms with Gasteiger partial charge in [0, 0.05) is 12.6 Å². The number of nitrogens with one attached hydrogen (secondary N) is 2. The van der Waals surface area contributed by atoms with E-state index in [9.17, 15) is 27.2 Å². The third-order valence-corrected chi connectivity index (χ3v) is 2.68. The van der Waals surface area contributed by atoms with E-state index in [1.54, 1.807) is 5.32 Å². The second kappa shape index (κ2) is 7.21. The minimum atomic E-state index is -4.88. The summed E-state index contributed by atoms with van der Waals surface area (Å²) < 4.78 is 51.1. The molecule has 0 heterocycles. The first kappa shape index (κ1) is 17.9. The molecule has 122 valence electrons. The Bertz CT molecular complexity index is 561. The summed E-state index contributed by atoms with van der Waals surface area (Å²) >= 11 is 0. The first-order chi connectivity index (χ1) is 10.1. The van der Waals surface area contributed by atoms with Gasteiger partial charge >= 0.3 is 18.0 Å². The SMILES string of the molecule is C[C@H](CCO)NC(=O)C(=O)Nc1ccc(F)cc1C(F)(F)F. The largest absolute Gasteiger partial charge is 0.418 e. The fourth-order valence-electron chi connectivity index (χ4n) is 1.59. The maximum atomic E-state index is 12.9. The molecule has 0 saturated carbocycles. The van der Waals surface area contributed by atoms with Gasteiger partial charge in [-0.2, -0.15) is 13.2 Å². The number of aliphatic hydroxyl groups excluding tert-OH is 1. The lowest BCUT2D eigenvalue weighted by Crippen LogP contribution is -2.41. The Balaban J connectivity index is 2.87. The fraction of sp³-hybridized carbons (Fsp3) is 0.385. The normalized spacial score (nSPS) is 12.6. The molecule has 1 aromatic carbocycles. The third-order valence-electron chi connectivity index (χ3n) is 2.68. The summed E-state index contributed by atoms with van der Waals surface area (Å²) in [4.78, 5) is 23.1. The van der Waals surface area contributed by atoms with Crippen LogP contribution in [0.4, 0.5) is 23.2 Å². The van der Waals surface area contributed by atoms with Crippen molar-refractivity contribution in [1.29, 1.82) is 0 Å². The molecule has 1 rings (SSSR count). The topological polar surface area (TPSA) is 78.4 Å². The predicted molar refractivity (Wildman–Crippen MR) is 69.3 cm³/mol. The van der Waals surface area contributed by atoms with Crippen LogP contribution >= 0.6 is 0 Å². The second-order valence-corrected chi connectivity index (χ2v) is 4.53. The van der Waals surface area contributed by atoms with Crippen LogP contribution in [0.1, 0.15) is 18.9 Å². The van der Waals surface area contributed by atoms with Crippen molar-refractivity contribution in [2.45, 2.75) is 25.6 Å². The fourth-order valence-corrected chi connectivity index (χ4v) is 1.59. The number of alkyl halides is 3. The smallest absolute Gasteiger partial charge is 0.396 e. The Morgan fingerprint density at radius 1 is 1.27 bits per heavy atom. The molecule has 9 heteroatoms. The standard InChI is InChI=1S/C13H14F4N2O3/c1-7(4-5-20)18-11(21)12(22)19-10-3-2-8(14)6-9(10)13(15,16)17/h2-3,6-7,20H,4-5H2,1H3,(H,18,21)(H,19,22)/t7-/m1/s1. The van der Waals surface area contributed by atoms with Gasteiger partial charge in [-0.05, 0) is 31.5 Å². The number of hydrogen-bond acceptors (Lipinski definition) is 3. The van der Waals surface area contributed by atoms with Crippen molar-refractivity contribution in [1.82, 2.24) is 5.32 Å². The molecule has 1 atom stereocenters. The number of anilines is 1. The molecule has 0 spiro atoms. The molecule has 2 amide bonds. The van der Waals surface area contributed by atoms with Gasteiger partial charge in [-0.1, -0.05) is 0 Å². The first-order valence-electron chi connectivity index (χ1n) is 6.24. The van der Waals surface area contributed by atoms with Crippen molar-refractivity contribution >= 4 is 17.5 Å². The molecular formula is C13H14F4N2O3. The average molecular weight is 322 g/mol. The zero-order valence-corrected chi connectivity index (χ0v) is 11.5. The van der Waals surface area contributed by atoms with Crippen LogP contribution in [0, 0.1) is 5.82 Å². The monoisotopic (exact) mass is 322 g/mol. The number of carbonyl (C=O) groups is 2. The predicted octanol–water partition coefficient (Wildman–Crippen LogP) is 1.67. The highest BCUT2D eigenvalue weighted by molar-refractivity contribution is 6.39. The van der Waals surface area contributed by atoms with E-state index < -0.39 is 41.1 Å². The molecule has 5 nitrogen and oxygen atoms in total. The quantitative estimate of drug-likeness (QED) is 0.583. The Hall–Kier alpha value is -2.16. The molecule has 0 fully saturated rings. The maximum Gasteiger partial charge on any atom is 0.418 e. The highest BCUT2D eigenvalue weighted by atomic mass is 19.4. The number of hydrogen-bond donors (Lipinski definition) is 3. The summed E-state index contributed by atoms with van der Waals surface area (Å²) in [5, 5.41) is 12.7. The van der Waals surface area contributed by atoms with Crippen molar-refractivity contribution in [3.8, 4) is 0 Å². The van der Waals surface area contributed by atoms with Gasteiger partial charge in [0.1, 0.15) is 5.82 Å². The van der Waals surface area contributed by atoms with Gasteiger partial charge in [0.05, 0.1) is 11.3 Å². The van der Waals surface area contributed by atoms with Crippen LogP contribution in [0.2, 0.25) is 0 Å². The van der Waals surface area contributed by atoms with E-state index >= 15 is 0 Å². The lowest BCUT2D eigenvalue weighted by atomic mass is 10.1. The minimum absolute atomic E-state index is 0.184. The summed E-state index contributed by atoms with van der Waals surface area (Å²) in [6.45, 7) is 1.29. The highest BCUT2D eigenvalue weighted by Crippen LogP contribution is 2.35. The molecule has 0 aliphatic heterocycles. The van der Waals surface area contributed by atoms with Gasteiger partial charge in [0.2, 0.25) is 0 Å². The molecule has 0 saturated heterocycles. The van der Waals surface area contributed by atoms with Gasteiger partial charge in [-0.15, -0.1) is 0 Å². The van der Waals surface area contributed by atoms with Crippen LogP contribution in [-0.4, -0.2) is 29.6 Å². The molecule has 0 aliphatic carbocycles.